The Balaban J connectivity index is 2.62. The second-order valence-corrected chi connectivity index (χ2v) is 5.88. The van der Waals surface area contributed by atoms with Crippen LogP contribution in [0.2, 0.25) is 0 Å². The summed E-state index contributed by atoms with van der Waals surface area (Å²) in [7, 11) is 3.17. The van der Waals surface area contributed by atoms with Crippen molar-refractivity contribution in [2.75, 3.05) is 14.2 Å². The molecule has 2 rings (SSSR count). The zero-order valence-corrected chi connectivity index (χ0v) is 14.4. The predicted molar refractivity (Wildman–Crippen MR) is 93.1 cm³/mol. The van der Waals surface area contributed by atoms with Crippen LogP contribution in [0.25, 0.3) is 11.1 Å². The van der Waals surface area contributed by atoms with E-state index in [1.165, 1.54) is 0 Å². The lowest BCUT2D eigenvalue weighted by molar-refractivity contribution is 0.0429. The molecule has 0 heterocycles. The van der Waals surface area contributed by atoms with E-state index in [0.29, 0.717) is 17.1 Å². The molecule has 127 valence electrons. The Bertz CT molecular complexity index is 711. The summed E-state index contributed by atoms with van der Waals surface area (Å²) in [6, 6.07) is 11.4. The Hall–Kier alpha value is -2.69. The van der Waals surface area contributed by atoms with Gasteiger partial charge in [0, 0.05) is 5.56 Å². The van der Waals surface area contributed by atoms with E-state index in [9.17, 15) is 4.79 Å². The van der Waals surface area contributed by atoms with E-state index in [1.807, 2.05) is 36.4 Å². The summed E-state index contributed by atoms with van der Waals surface area (Å²) in [5.74, 6) is 1.23. The Morgan fingerprint density at radius 1 is 1.04 bits per heavy atom. The third-order valence-corrected chi connectivity index (χ3v) is 3.80. The molecule has 0 saturated heterocycles. The minimum Gasteiger partial charge on any atom is -0.496 e. The summed E-state index contributed by atoms with van der Waals surface area (Å²) in [5.41, 5.74) is 7.64. The summed E-state index contributed by atoms with van der Waals surface area (Å²) in [6.45, 7) is 7.40. The van der Waals surface area contributed by atoms with Gasteiger partial charge in [-0.05, 0) is 44.0 Å². The summed E-state index contributed by atoms with van der Waals surface area (Å²) >= 11 is 0. The zero-order valence-electron chi connectivity index (χ0n) is 14.4. The number of benzene rings is 2. The van der Waals surface area contributed by atoms with Crippen LogP contribution in [0.4, 0.5) is 4.79 Å². The van der Waals surface area contributed by atoms with Crippen molar-refractivity contribution in [1.82, 2.24) is 0 Å². The maximum atomic E-state index is 11.1. The molecule has 2 N–H and O–H groups in total. The highest BCUT2D eigenvalue weighted by atomic mass is 16.6. The number of amides is 1. The number of hydrogen-bond acceptors (Lipinski definition) is 4. The molecule has 0 unspecified atom stereocenters. The van der Waals surface area contributed by atoms with Gasteiger partial charge in [-0.15, -0.1) is 0 Å². The molecule has 0 aliphatic rings. The SMILES string of the molecule is [CH2]c1ccc(-c2c(OC)cc(C(C)(C)OC(N)=O)cc2OC)cc1. The standard InChI is InChI=1S/C19H22NO4/c1-12-6-8-13(9-7-12)17-15(22-4)10-14(11-16(17)23-5)19(2,3)24-18(20)21/h6-11H,1H2,2-5H3,(H2,20,21). The number of ether oxygens (including phenoxy) is 3. The maximum absolute atomic E-state index is 11.1. The smallest absolute Gasteiger partial charge is 0.405 e. The van der Waals surface area contributed by atoms with Gasteiger partial charge in [0.25, 0.3) is 0 Å². The molecule has 0 aromatic heterocycles. The van der Waals surface area contributed by atoms with Gasteiger partial charge >= 0.3 is 6.09 Å². The minimum absolute atomic E-state index is 0.613. The molecule has 5 heteroatoms. The number of hydrogen-bond donors (Lipinski definition) is 1. The lowest BCUT2D eigenvalue weighted by Crippen LogP contribution is -2.29. The second kappa shape index (κ2) is 6.83. The van der Waals surface area contributed by atoms with Crippen molar-refractivity contribution in [3.8, 4) is 22.6 Å². The van der Waals surface area contributed by atoms with E-state index in [0.717, 1.165) is 16.7 Å². The van der Waals surface area contributed by atoms with Crippen molar-refractivity contribution >= 4 is 6.09 Å². The second-order valence-electron chi connectivity index (χ2n) is 5.88. The van der Waals surface area contributed by atoms with Crippen LogP contribution in [0.5, 0.6) is 11.5 Å². The van der Waals surface area contributed by atoms with Crippen molar-refractivity contribution < 1.29 is 19.0 Å². The highest BCUT2D eigenvalue weighted by Crippen LogP contribution is 2.42. The van der Waals surface area contributed by atoms with Gasteiger partial charge in [0.1, 0.15) is 17.1 Å². The molecule has 2 aromatic carbocycles. The summed E-state index contributed by atoms with van der Waals surface area (Å²) in [6.07, 6.45) is -0.840. The van der Waals surface area contributed by atoms with Gasteiger partial charge in [0.15, 0.2) is 0 Å². The van der Waals surface area contributed by atoms with Crippen molar-refractivity contribution in [3.63, 3.8) is 0 Å². The quantitative estimate of drug-likeness (QED) is 0.904. The lowest BCUT2D eigenvalue weighted by Gasteiger charge is -2.26. The molecule has 5 nitrogen and oxygen atoms in total. The van der Waals surface area contributed by atoms with E-state index in [4.69, 9.17) is 19.9 Å². The van der Waals surface area contributed by atoms with Crippen LogP contribution in [-0.4, -0.2) is 20.3 Å². The van der Waals surface area contributed by atoms with Crippen LogP contribution in [0.3, 0.4) is 0 Å². The topological polar surface area (TPSA) is 70.8 Å². The number of primary amides is 1. The fourth-order valence-electron chi connectivity index (χ4n) is 2.53. The number of rotatable bonds is 5. The molecule has 1 amide bonds. The summed E-state index contributed by atoms with van der Waals surface area (Å²) < 4.78 is 16.3. The third kappa shape index (κ3) is 3.62. The van der Waals surface area contributed by atoms with E-state index in [1.54, 1.807) is 28.1 Å². The predicted octanol–water partition coefficient (Wildman–Crippen LogP) is 3.88. The monoisotopic (exact) mass is 328 g/mol. The number of methoxy groups -OCH3 is 2. The molecular weight excluding hydrogens is 306 g/mol. The van der Waals surface area contributed by atoms with Gasteiger partial charge in [-0.25, -0.2) is 4.79 Å². The molecule has 0 fully saturated rings. The molecule has 0 aliphatic heterocycles. The van der Waals surface area contributed by atoms with E-state index >= 15 is 0 Å². The van der Waals surface area contributed by atoms with Crippen LogP contribution < -0.4 is 15.2 Å². The van der Waals surface area contributed by atoms with Gasteiger partial charge < -0.3 is 19.9 Å². The minimum atomic E-state index is -0.915. The Morgan fingerprint density at radius 2 is 1.54 bits per heavy atom. The van der Waals surface area contributed by atoms with E-state index < -0.39 is 11.7 Å². The molecule has 0 aliphatic carbocycles. The van der Waals surface area contributed by atoms with E-state index in [-0.39, 0.29) is 0 Å². The van der Waals surface area contributed by atoms with Crippen LogP contribution in [-0.2, 0) is 10.3 Å². The Morgan fingerprint density at radius 3 is 1.96 bits per heavy atom. The average molecular weight is 328 g/mol. The van der Waals surface area contributed by atoms with Gasteiger partial charge in [0.2, 0.25) is 0 Å². The van der Waals surface area contributed by atoms with Gasteiger partial charge in [-0.2, -0.15) is 0 Å². The normalized spacial score (nSPS) is 11.0. The van der Waals surface area contributed by atoms with Crippen molar-refractivity contribution in [2.45, 2.75) is 19.4 Å². The Kier molecular flexibility index (Phi) is 5.02. The largest absolute Gasteiger partial charge is 0.496 e. The summed E-state index contributed by atoms with van der Waals surface area (Å²) in [4.78, 5) is 11.1. The fourth-order valence-corrected chi connectivity index (χ4v) is 2.53. The first-order valence-electron chi connectivity index (χ1n) is 7.46. The average Bonchev–Trinajstić information content (AvgIpc) is 2.53. The lowest BCUT2D eigenvalue weighted by atomic mass is 9.93. The zero-order chi connectivity index (χ0) is 17.9. The highest BCUT2D eigenvalue weighted by molar-refractivity contribution is 5.78. The molecule has 2 aromatic rings. The molecule has 0 bridgehead atoms. The molecule has 0 saturated carbocycles. The summed E-state index contributed by atoms with van der Waals surface area (Å²) in [5, 5.41) is 0. The maximum Gasteiger partial charge on any atom is 0.405 e. The van der Waals surface area contributed by atoms with Crippen molar-refractivity contribution in [2.24, 2.45) is 5.73 Å². The van der Waals surface area contributed by atoms with Crippen LogP contribution in [0.15, 0.2) is 36.4 Å². The molecule has 24 heavy (non-hydrogen) atoms. The fraction of sp³-hybridized carbons (Fsp3) is 0.263. The van der Waals surface area contributed by atoms with Crippen LogP contribution in [0.1, 0.15) is 25.0 Å². The van der Waals surface area contributed by atoms with Crippen molar-refractivity contribution in [3.05, 3.63) is 54.4 Å². The Labute approximate surface area is 142 Å². The van der Waals surface area contributed by atoms with Crippen LogP contribution in [0, 0.1) is 6.92 Å². The van der Waals surface area contributed by atoms with E-state index in [2.05, 4.69) is 6.92 Å². The highest BCUT2D eigenvalue weighted by Gasteiger charge is 2.27. The number of nitrogens with two attached hydrogens (primary N) is 1. The molecular formula is C19H22NO4. The first-order chi connectivity index (χ1) is 11.3. The molecule has 0 atom stereocenters. The molecule has 1 radical (unpaired) electrons. The first kappa shape index (κ1) is 17.7. The van der Waals surface area contributed by atoms with Gasteiger partial charge in [-0.3, -0.25) is 0 Å². The van der Waals surface area contributed by atoms with Crippen molar-refractivity contribution in [1.29, 1.82) is 0 Å². The third-order valence-electron chi connectivity index (χ3n) is 3.80. The first-order valence-corrected chi connectivity index (χ1v) is 7.46. The number of carbonyl (C=O) groups excluding carboxylic acids is 1. The van der Waals surface area contributed by atoms with Crippen LogP contribution >= 0.6 is 0 Å². The molecule has 0 spiro atoms. The van der Waals surface area contributed by atoms with Gasteiger partial charge in [-0.1, -0.05) is 24.3 Å². The van der Waals surface area contributed by atoms with Gasteiger partial charge in [0.05, 0.1) is 19.8 Å². The number of carbonyl (C=O) groups is 1.